The van der Waals surface area contributed by atoms with Crippen LogP contribution in [0.2, 0.25) is 0 Å². The second-order valence-corrected chi connectivity index (χ2v) is 7.22. The number of hydrogen-bond acceptors (Lipinski definition) is 4. The standard InChI is InChI=1S/C19H30O4/c1-7-22-18(20)16-12-9-13(17(16)19(21)23-8-2)15(11(5)6)14(12)10(3)4/h10-13,16-17H,7-9H2,1-6H3. The summed E-state index contributed by atoms with van der Waals surface area (Å²) in [5.74, 6) is -0.183. The van der Waals surface area contributed by atoms with Gasteiger partial charge >= 0.3 is 11.9 Å². The summed E-state index contributed by atoms with van der Waals surface area (Å²) in [5, 5.41) is 0. The van der Waals surface area contributed by atoms with Gasteiger partial charge in [0, 0.05) is 0 Å². The summed E-state index contributed by atoms with van der Waals surface area (Å²) < 4.78 is 10.6. The van der Waals surface area contributed by atoms with E-state index in [1.165, 1.54) is 11.1 Å². The van der Waals surface area contributed by atoms with Gasteiger partial charge in [-0.3, -0.25) is 9.59 Å². The van der Waals surface area contributed by atoms with E-state index in [1.54, 1.807) is 0 Å². The first-order chi connectivity index (χ1) is 10.8. The Morgan fingerprint density at radius 1 is 0.870 bits per heavy atom. The molecule has 4 heteroatoms. The number of ether oxygens (including phenoxy) is 2. The first kappa shape index (κ1) is 18.0. The minimum absolute atomic E-state index is 0.130. The number of carbonyl (C=O) groups is 2. The molecule has 0 radical (unpaired) electrons. The SMILES string of the molecule is CCOC(=O)C1C2CC(C(C(C)C)=C2C(C)C)C1C(=O)OCC. The van der Waals surface area contributed by atoms with Crippen molar-refractivity contribution in [2.75, 3.05) is 13.2 Å². The number of hydrogen-bond donors (Lipinski definition) is 0. The largest absolute Gasteiger partial charge is 0.466 e. The molecule has 0 aromatic heterocycles. The van der Waals surface area contributed by atoms with Gasteiger partial charge in [0.25, 0.3) is 0 Å². The molecule has 0 aromatic rings. The quantitative estimate of drug-likeness (QED) is 0.554. The summed E-state index contributed by atoms with van der Waals surface area (Å²) in [5.41, 5.74) is 2.76. The zero-order valence-corrected chi connectivity index (χ0v) is 15.2. The Bertz CT molecular complexity index is 459. The van der Waals surface area contributed by atoms with Crippen LogP contribution < -0.4 is 0 Å². The maximum atomic E-state index is 12.5. The monoisotopic (exact) mass is 322 g/mol. The number of esters is 2. The van der Waals surface area contributed by atoms with E-state index >= 15 is 0 Å². The van der Waals surface area contributed by atoms with Gasteiger partial charge in [0.2, 0.25) is 0 Å². The van der Waals surface area contributed by atoms with Crippen molar-refractivity contribution >= 4 is 11.9 Å². The van der Waals surface area contributed by atoms with Crippen LogP contribution in [0.4, 0.5) is 0 Å². The highest BCUT2D eigenvalue weighted by atomic mass is 16.5. The van der Waals surface area contributed by atoms with E-state index in [2.05, 4.69) is 27.7 Å². The number of allylic oxidation sites excluding steroid dienone is 2. The summed E-state index contributed by atoms with van der Waals surface area (Å²) >= 11 is 0. The molecule has 0 aromatic carbocycles. The highest BCUT2D eigenvalue weighted by Gasteiger charge is 2.59. The molecule has 2 bridgehead atoms. The van der Waals surface area contributed by atoms with Crippen LogP contribution in [0.15, 0.2) is 11.1 Å². The second-order valence-electron chi connectivity index (χ2n) is 7.22. The van der Waals surface area contributed by atoms with Crippen LogP contribution in [0.1, 0.15) is 48.0 Å². The minimum Gasteiger partial charge on any atom is -0.466 e. The molecule has 0 N–H and O–H groups in total. The van der Waals surface area contributed by atoms with Crippen molar-refractivity contribution in [3.8, 4) is 0 Å². The van der Waals surface area contributed by atoms with Gasteiger partial charge in [0.1, 0.15) is 0 Å². The number of carbonyl (C=O) groups excluding carboxylic acids is 2. The topological polar surface area (TPSA) is 52.6 Å². The zero-order valence-electron chi connectivity index (χ0n) is 15.2. The average Bonchev–Trinajstić information content (AvgIpc) is 3.02. The van der Waals surface area contributed by atoms with Crippen LogP contribution >= 0.6 is 0 Å². The van der Waals surface area contributed by atoms with Gasteiger partial charge in [-0.1, -0.05) is 38.8 Å². The number of fused-ring (bicyclic) bond motifs is 2. The molecule has 0 aliphatic heterocycles. The van der Waals surface area contributed by atoms with Crippen molar-refractivity contribution in [1.82, 2.24) is 0 Å². The Kier molecular flexibility index (Phi) is 5.53. The summed E-state index contributed by atoms with van der Waals surface area (Å²) in [6, 6.07) is 0. The Labute approximate surface area is 139 Å². The molecule has 2 aliphatic carbocycles. The van der Waals surface area contributed by atoms with E-state index < -0.39 is 0 Å². The van der Waals surface area contributed by atoms with E-state index in [-0.39, 0.29) is 35.6 Å². The fourth-order valence-corrected chi connectivity index (χ4v) is 4.76. The van der Waals surface area contributed by atoms with Crippen LogP contribution in [-0.2, 0) is 19.1 Å². The zero-order chi connectivity index (χ0) is 17.3. The lowest BCUT2D eigenvalue weighted by molar-refractivity contribution is -0.161. The van der Waals surface area contributed by atoms with Gasteiger partial charge in [-0.15, -0.1) is 0 Å². The lowest BCUT2D eigenvalue weighted by Crippen LogP contribution is -2.39. The highest BCUT2D eigenvalue weighted by Crippen LogP contribution is 2.59. The van der Waals surface area contributed by atoms with Gasteiger partial charge in [0.15, 0.2) is 0 Å². The van der Waals surface area contributed by atoms with Crippen molar-refractivity contribution < 1.29 is 19.1 Å². The molecular formula is C19H30O4. The molecular weight excluding hydrogens is 292 g/mol. The van der Waals surface area contributed by atoms with Gasteiger partial charge in [0.05, 0.1) is 25.0 Å². The summed E-state index contributed by atoms with van der Waals surface area (Å²) in [7, 11) is 0. The third-order valence-electron chi connectivity index (χ3n) is 5.26. The molecule has 0 spiro atoms. The summed E-state index contributed by atoms with van der Waals surface area (Å²) in [4.78, 5) is 25.1. The molecule has 0 heterocycles. The van der Waals surface area contributed by atoms with E-state index in [1.807, 2.05) is 13.8 Å². The molecule has 4 nitrogen and oxygen atoms in total. The molecule has 0 saturated heterocycles. The van der Waals surface area contributed by atoms with Gasteiger partial charge < -0.3 is 9.47 Å². The molecule has 2 rings (SSSR count). The third-order valence-corrected chi connectivity index (χ3v) is 5.26. The van der Waals surface area contributed by atoms with E-state index in [0.29, 0.717) is 25.0 Å². The fraction of sp³-hybridized carbons (Fsp3) is 0.789. The third kappa shape index (κ3) is 3.05. The Balaban J connectivity index is 2.45. The van der Waals surface area contributed by atoms with Gasteiger partial charge in [-0.05, 0) is 43.9 Å². The Hall–Kier alpha value is -1.32. The Morgan fingerprint density at radius 3 is 1.48 bits per heavy atom. The smallest absolute Gasteiger partial charge is 0.310 e. The lowest BCUT2D eigenvalue weighted by Gasteiger charge is -2.34. The first-order valence-electron chi connectivity index (χ1n) is 8.92. The summed E-state index contributed by atoms with van der Waals surface area (Å²) in [6.07, 6.45) is 0.883. The first-order valence-corrected chi connectivity index (χ1v) is 8.92. The van der Waals surface area contributed by atoms with Crippen LogP contribution in [0, 0.1) is 35.5 Å². The van der Waals surface area contributed by atoms with Crippen molar-refractivity contribution in [2.24, 2.45) is 35.5 Å². The van der Waals surface area contributed by atoms with Crippen molar-refractivity contribution in [2.45, 2.75) is 48.0 Å². The van der Waals surface area contributed by atoms with Crippen LogP contribution in [0.3, 0.4) is 0 Å². The predicted molar refractivity (Wildman–Crippen MR) is 88.5 cm³/mol. The predicted octanol–water partition coefficient (Wildman–Crippen LogP) is 3.60. The fourth-order valence-electron chi connectivity index (χ4n) is 4.76. The van der Waals surface area contributed by atoms with Crippen LogP contribution in [0.5, 0.6) is 0 Å². The molecule has 4 unspecified atom stereocenters. The molecule has 4 atom stereocenters. The lowest BCUT2D eigenvalue weighted by atomic mass is 9.70. The Morgan fingerprint density at radius 2 is 1.22 bits per heavy atom. The molecule has 1 fully saturated rings. The van der Waals surface area contributed by atoms with Crippen molar-refractivity contribution in [3.63, 3.8) is 0 Å². The van der Waals surface area contributed by atoms with Gasteiger partial charge in [-0.25, -0.2) is 0 Å². The maximum absolute atomic E-state index is 12.5. The van der Waals surface area contributed by atoms with Crippen LogP contribution in [0.25, 0.3) is 0 Å². The van der Waals surface area contributed by atoms with Crippen LogP contribution in [-0.4, -0.2) is 25.2 Å². The van der Waals surface area contributed by atoms with Crippen molar-refractivity contribution in [3.05, 3.63) is 11.1 Å². The second kappa shape index (κ2) is 7.06. The normalized spacial score (nSPS) is 29.6. The van der Waals surface area contributed by atoms with Gasteiger partial charge in [-0.2, -0.15) is 0 Å². The van der Waals surface area contributed by atoms with E-state index in [4.69, 9.17) is 9.47 Å². The number of rotatable bonds is 6. The highest BCUT2D eigenvalue weighted by molar-refractivity contribution is 5.85. The molecule has 130 valence electrons. The molecule has 0 amide bonds. The van der Waals surface area contributed by atoms with E-state index in [9.17, 15) is 9.59 Å². The van der Waals surface area contributed by atoms with Crippen molar-refractivity contribution in [1.29, 1.82) is 0 Å². The average molecular weight is 322 g/mol. The maximum Gasteiger partial charge on any atom is 0.310 e. The van der Waals surface area contributed by atoms with E-state index in [0.717, 1.165) is 6.42 Å². The molecule has 23 heavy (non-hydrogen) atoms. The molecule has 1 saturated carbocycles. The minimum atomic E-state index is -0.376. The molecule has 2 aliphatic rings. The summed E-state index contributed by atoms with van der Waals surface area (Å²) in [6.45, 7) is 13.0.